The number of hydrogen-bond donors (Lipinski definition) is 0. The second kappa shape index (κ2) is 4.18. The fourth-order valence-electron chi connectivity index (χ4n) is 1.06. The summed E-state index contributed by atoms with van der Waals surface area (Å²) in [6, 6.07) is 2.26. The molecule has 0 saturated carbocycles. The lowest BCUT2D eigenvalue weighted by molar-refractivity contribution is -0.140. The summed E-state index contributed by atoms with van der Waals surface area (Å²) < 4.78 is 49.3. The van der Waals surface area contributed by atoms with Gasteiger partial charge in [0.2, 0.25) is 5.24 Å². The maximum Gasteiger partial charge on any atom is 0.419 e. The van der Waals surface area contributed by atoms with Crippen molar-refractivity contribution in [1.29, 1.82) is 0 Å². The quantitative estimate of drug-likeness (QED) is 0.573. The summed E-state index contributed by atoms with van der Waals surface area (Å²) in [6.07, 6.45) is -5.02. The zero-order valence-electron chi connectivity index (χ0n) is 7.24. The Hall–Kier alpha value is -1.10. The molecular weight excluding hydrogens is 236 g/mol. The number of rotatable bonds is 2. The van der Waals surface area contributed by atoms with Crippen molar-refractivity contribution >= 4 is 16.8 Å². The van der Waals surface area contributed by atoms with Gasteiger partial charge in [0.25, 0.3) is 0 Å². The second-order valence-corrected chi connectivity index (χ2v) is 3.27. The molecule has 0 amide bonds. The first-order valence-electron chi connectivity index (χ1n) is 3.84. The van der Waals surface area contributed by atoms with Crippen LogP contribution in [0.25, 0.3) is 0 Å². The zero-order chi connectivity index (χ0) is 11.6. The van der Waals surface area contributed by atoms with Crippen LogP contribution in [0.5, 0.6) is 0 Å². The standard InChI is InChI=1S/C9H5ClF4O/c10-8(15)4-5-1-2-6(7(11)3-5)9(12,13)14/h1-3H,4H2. The molecule has 0 spiro atoms. The molecule has 1 aromatic rings. The lowest BCUT2D eigenvalue weighted by Gasteiger charge is -2.08. The summed E-state index contributed by atoms with van der Waals surface area (Å²) >= 11 is 5.01. The molecule has 0 N–H and O–H groups in total. The normalized spacial score (nSPS) is 11.5. The van der Waals surface area contributed by atoms with Crippen LogP contribution in [-0.2, 0) is 17.4 Å². The largest absolute Gasteiger partial charge is 0.419 e. The fraction of sp³-hybridized carbons (Fsp3) is 0.222. The third-order valence-electron chi connectivity index (χ3n) is 1.68. The molecule has 15 heavy (non-hydrogen) atoms. The van der Waals surface area contributed by atoms with Crippen molar-refractivity contribution in [2.75, 3.05) is 0 Å². The Kier molecular flexibility index (Phi) is 3.34. The molecule has 0 aliphatic rings. The van der Waals surface area contributed by atoms with Crippen LogP contribution < -0.4 is 0 Å². The van der Waals surface area contributed by atoms with Crippen LogP contribution in [0.2, 0.25) is 0 Å². The van der Waals surface area contributed by atoms with Crippen LogP contribution in [0, 0.1) is 5.82 Å². The molecule has 0 bridgehead atoms. The lowest BCUT2D eigenvalue weighted by atomic mass is 10.1. The average molecular weight is 241 g/mol. The molecule has 0 atom stereocenters. The highest BCUT2D eigenvalue weighted by molar-refractivity contribution is 6.63. The van der Waals surface area contributed by atoms with Gasteiger partial charge < -0.3 is 0 Å². The average Bonchev–Trinajstić information content (AvgIpc) is 1.99. The minimum atomic E-state index is -4.73. The number of alkyl halides is 3. The van der Waals surface area contributed by atoms with E-state index in [-0.39, 0.29) is 12.0 Å². The third-order valence-corrected chi connectivity index (χ3v) is 1.82. The minimum Gasteiger partial charge on any atom is -0.281 e. The van der Waals surface area contributed by atoms with Crippen molar-refractivity contribution in [3.05, 3.63) is 35.1 Å². The summed E-state index contributed by atoms with van der Waals surface area (Å²) in [7, 11) is 0. The van der Waals surface area contributed by atoms with E-state index in [0.717, 1.165) is 6.07 Å². The maximum atomic E-state index is 12.9. The first kappa shape index (κ1) is 12.0. The van der Waals surface area contributed by atoms with Crippen LogP contribution in [0.3, 0.4) is 0 Å². The van der Waals surface area contributed by atoms with Gasteiger partial charge in [-0.3, -0.25) is 4.79 Å². The highest BCUT2D eigenvalue weighted by atomic mass is 35.5. The fourth-order valence-corrected chi connectivity index (χ4v) is 1.21. The van der Waals surface area contributed by atoms with E-state index in [0.29, 0.717) is 12.1 Å². The van der Waals surface area contributed by atoms with Crippen LogP contribution >= 0.6 is 11.6 Å². The summed E-state index contributed by atoms with van der Waals surface area (Å²) in [5.41, 5.74) is -1.24. The monoisotopic (exact) mass is 240 g/mol. The van der Waals surface area contributed by atoms with Crippen LogP contribution in [0.15, 0.2) is 18.2 Å². The van der Waals surface area contributed by atoms with Crippen molar-refractivity contribution < 1.29 is 22.4 Å². The van der Waals surface area contributed by atoms with Crippen molar-refractivity contribution in [1.82, 2.24) is 0 Å². The Bertz CT molecular complexity index is 386. The van der Waals surface area contributed by atoms with E-state index in [1.54, 1.807) is 0 Å². The van der Waals surface area contributed by atoms with E-state index < -0.39 is 22.8 Å². The lowest BCUT2D eigenvalue weighted by Crippen LogP contribution is -2.08. The van der Waals surface area contributed by atoms with Gasteiger partial charge in [-0.1, -0.05) is 6.07 Å². The number of carbonyl (C=O) groups excluding carboxylic acids is 1. The van der Waals surface area contributed by atoms with Gasteiger partial charge in [-0.05, 0) is 29.3 Å². The van der Waals surface area contributed by atoms with Gasteiger partial charge in [0.1, 0.15) is 5.82 Å². The molecule has 0 saturated heterocycles. The molecule has 6 heteroatoms. The number of hydrogen-bond acceptors (Lipinski definition) is 1. The second-order valence-electron chi connectivity index (χ2n) is 2.84. The van der Waals surface area contributed by atoms with E-state index in [9.17, 15) is 22.4 Å². The highest BCUT2D eigenvalue weighted by Crippen LogP contribution is 2.31. The molecule has 0 aliphatic carbocycles. The van der Waals surface area contributed by atoms with Gasteiger partial charge in [0.05, 0.1) is 5.56 Å². The summed E-state index contributed by atoms with van der Waals surface area (Å²) in [6.45, 7) is 0. The van der Waals surface area contributed by atoms with Gasteiger partial charge in [-0.15, -0.1) is 0 Å². The van der Waals surface area contributed by atoms with E-state index in [2.05, 4.69) is 0 Å². The van der Waals surface area contributed by atoms with Crippen molar-refractivity contribution in [3.8, 4) is 0 Å². The Morgan fingerprint density at radius 3 is 2.33 bits per heavy atom. The predicted octanol–water partition coefficient (Wildman–Crippen LogP) is 3.15. The predicted molar refractivity (Wildman–Crippen MR) is 46.0 cm³/mol. The third kappa shape index (κ3) is 3.20. The smallest absolute Gasteiger partial charge is 0.281 e. The van der Waals surface area contributed by atoms with E-state index >= 15 is 0 Å². The number of carbonyl (C=O) groups is 1. The molecule has 1 aromatic carbocycles. The first-order chi connectivity index (χ1) is 6.80. The molecule has 0 radical (unpaired) electrons. The minimum absolute atomic E-state index is 0.112. The van der Waals surface area contributed by atoms with Gasteiger partial charge in [-0.2, -0.15) is 13.2 Å². The van der Waals surface area contributed by atoms with Gasteiger partial charge >= 0.3 is 6.18 Å². The summed E-state index contributed by atoms with van der Waals surface area (Å²) in [5.74, 6) is -1.40. The molecular formula is C9H5ClF4O. The molecule has 1 rings (SSSR count). The first-order valence-corrected chi connectivity index (χ1v) is 4.22. The van der Waals surface area contributed by atoms with Crippen LogP contribution in [0.4, 0.5) is 17.6 Å². The van der Waals surface area contributed by atoms with Crippen molar-refractivity contribution in [3.63, 3.8) is 0 Å². The Labute approximate surface area is 87.7 Å². The van der Waals surface area contributed by atoms with Gasteiger partial charge in [0.15, 0.2) is 0 Å². The number of benzene rings is 1. The molecule has 0 aliphatic heterocycles. The molecule has 0 aromatic heterocycles. The Balaban J connectivity index is 3.04. The maximum absolute atomic E-state index is 12.9. The topological polar surface area (TPSA) is 17.1 Å². The van der Waals surface area contributed by atoms with Crippen LogP contribution in [0.1, 0.15) is 11.1 Å². The molecule has 0 heterocycles. The SMILES string of the molecule is O=C(Cl)Cc1ccc(C(F)(F)F)c(F)c1. The van der Waals surface area contributed by atoms with E-state index in [4.69, 9.17) is 11.6 Å². The van der Waals surface area contributed by atoms with Gasteiger partial charge in [0, 0.05) is 6.42 Å². The zero-order valence-corrected chi connectivity index (χ0v) is 7.99. The Morgan fingerprint density at radius 1 is 1.33 bits per heavy atom. The number of halogens is 5. The Morgan fingerprint density at radius 2 is 1.93 bits per heavy atom. The van der Waals surface area contributed by atoms with E-state index in [1.807, 2.05) is 0 Å². The summed E-state index contributed by atoms with van der Waals surface area (Å²) in [4.78, 5) is 10.4. The van der Waals surface area contributed by atoms with Crippen LogP contribution in [-0.4, -0.2) is 5.24 Å². The summed E-state index contributed by atoms with van der Waals surface area (Å²) in [5, 5.41) is -0.755. The van der Waals surface area contributed by atoms with Gasteiger partial charge in [-0.25, -0.2) is 4.39 Å². The molecule has 0 fully saturated rings. The highest BCUT2D eigenvalue weighted by Gasteiger charge is 2.33. The molecule has 0 unspecified atom stereocenters. The van der Waals surface area contributed by atoms with E-state index in [1.165, 1.54) is 0 Å². The van der Waals surface area contributed by atoms with Crippen molar-refractivity contribution in [2.24, 2.45) is 0 Å². The molecule has 82 valence electrons. The van der Waals surface area contributed by atoms with Crippen molar-refractivity contribution in [2.45, 2.75) is 12.6 Å². The molecule has 1 nitrogen and oxygen atoms in total.